The third-order valence-electron chi connectivity index (χ3n) is 5.86. The van der Waals surface area contributed by atoms with Crippen LogP contribution in [0, 0.1) is 6.92 Å². The molecule has 0 aliphatic heterocycles. The highest BCUT2D eigenvalue weighted by Gasteiger charge is 2.28. The van der Waals surface area contributed by atoms with Gasteiger partial charge in [-0.05, 0) is 85.8 Å². The van der Waals surface area contributed by atoms with Crippen molar-refractivity contribution in [3.8, 4) is 5.75 Å². The number of amides is 1. The molecule has 1 amide bonds. The second-order valence-electron chi connectivity index (χ2n) is 8.83. The van der Waals surface area contributed by atoms with Crippen LogP contribution >= 0.6 is 23.2 Å². The molecular weight excluding hydrogens is 609 g/mol. The number of methoxy groups -OCH3 is 1. The summed E-state index contributed by atoms with van der Waals surface area (Å²) < 4.78 is 61.2. The van der Waals surface area contributed by atoms with E-state index in [1.807, 2.05) is 6.92 Å². The van der Waals surface area contributed by atoms with E-state index in [1.54, 1.807) is 24.3 Å². The lowest BCUT2D eigenvalue weighted by atomic mass is 10.2. The fourth-order valence-corrected chi connectivity index (χ4v) is 6.59. The fourth-order valence-electron chi connectivity index (χ4n) is 3.74. The van der Waals surface area contributed by atoms with Crippen LogP contribution < -0.4 is 19.1 Å². The number of carbonyl (C=O) groups excluding carboxylic acids is 1. The number of hydrogen-bond acceptors (Lipinski definition) is 6. The van der Waals surface area contributed by atoms with Gasteiger partial charge in [0.05, 0.1) is 27.6 Å². The predicted octanol–water partition coefficient (Wildman–Crippen LogP) is 5.95. The molecule has 214 valence electrons. The summed E-state index contributed by atoms with van der Waals surface area (Å²) >= 11 is 12.1. The Balaban J connectivity index is 1.55. The van der Waals surface area contributed by atoms with Crippen LogP contribution in [-0.2, 0) is 24.8 Å². The number of hydrogen-bond donors (Lipinski definition) is 2. The molecular formula is C28H25Cl2N3O6S2. The number of benzene rings is 4. The number of rotatable bonds is 10. The summed E-state index contributed by atoms with van der Waals surface area (Å²) in [6, 6.07) is 22.2. The van der Waals surface area contributed by atoms with Crippen molar-refractivity contribution in [3.63, 3.8) is 0 Å². The Hall–Kier alpha value is -3.77. The van der Waals surface area contributed by atoms with E-state index in [9.17, 15) is 21.6 Å². The van der Waals surface area contributed by atoms with Gasteiger partial charge in [-0.1, -0.05) is 40.9 Å². The van der Waals surface area contributed by atoms with Crippen molar-refractivity contribution in [2.75, 3.05) is 28.0 Å². The van der Waals surface area contributed by atoms with Gasteiger partial charge in [-0.25, -0.2) is 16.8 Å². The molecule has 4 aromatic carbocycles. The van der Waals surface area contributed by atoms with Crippen molar-refractivity contribution in [1.82, 2.24) is 0 Å². The van der Waals surface area contributed by atoms with Crippen molar-refractivity contribution in [2.45, 2.75) is 16.7 Å². The number of nitrogens with one attached hydrogen (secondary N) is 2. The van der Waals surface area contributed by atoms with Crippen LogP contribution in [0.2, 0.25) is 10.0 Å². The van der Waals surface area contributed by atoms with Crippen LogP contribution in [0.25, 0.3) is 0 Å². The smallest absolute Gasteiger partial charge is 0.264 e. The Morgan fingerprint density at radius 2 is 1.39 bits per heavy atom. The monoisotopic (exact) mass is 633 g/mol. The summed E-state index contributed by atoms with van der Waals surface area (Å²) in [5.74, 6) is -0.323. The van der Waals surface area contributed by atoms with Crippen molar-refractivity contribution in [3.05, 3.63) is 107 Å². The first-order valence-electron chi connectivity index (χ1n) is 12.0. The van der Waals surface area contributed by atoms with Gasteiger partial charge in [-0.3, -0.25) is 13.8 Å². The Morgan fingerprint density at radius 1 is 0.805 bits per heavy atom. The molecule has 0 spiro atoms. The molecule has 0 saturated heterocycles. The predicted molar refractivity (Wildman–Crippen MR) is 161 cm³/mol. The van der Waals surface area contributed by atoms with Gasteiger partial charge in [0.25, 0.3) is 20.0 Å². The first-order valence-corrected chi connectivity index (χ1v) is 15.7. The van der Waals surface area contributed by atoms with E-state index in [2.05, 4.69) is 10.0 Å². The van der Waals surface area contributed by atoms with E-state index in [-0.39, 0.29) is 26.2 Å². The van der Waals surface area contributed by atoms with Crippen LogP contribution in [0.3, 0.4) is 0 Å². The Bertz CT molecular complexity index is 1760. The van der Waals surface area contributed by atoms with Crippen molar-refractivity contribution in [1.29, 1.82) is 0 Å². The second-order valence-corrected chi connectivity index (χ2v) is 13.2. The number of carbonyl (C=O) groups is 1. The zero-order valence-electron chi connectivity index (χ0n) is 21.8. The lowest BCUT2D eigenvalue weighted by Crippen LogP contribution is -2.38. The van der Waals surface area contributed by atoms with Gasteiger partial charge in [-0.15, -0.1) is 0 Å². The van der Waals surface area contributed by atoms with Gasteiger partial charge in [0, 0.05) is 16.4 Å². The maximum absolute atomic E-state index is 13.6. The second kappa shape index (κ2) is 12.4. The highest BCUT2D eigenvalue weighted by Crippen LogP contribution is 2.32. The topological polar surface area (TPSA) is 122 Å². The summed E-state index contributed by atoms with van der Waals surface area (Å²) in [7, 11) is -6.65. The number of halogens is 2. The summed E-state index contributed by atoms with van der Waals surface area (Å²) in [5, 5.41) is 3.25. The van der Waals surface area contributed by atoms with Crippen LogP contribution in [0.5, 0.6) is 5.75 Å². The third kappa shape index (κ3) is 7.31. The summed E-state index contributed by atoms with van der Waals surface area (Å²) in [4.78, 5) is 13.0. The molecule has 0 unspecified atom stereocenters. The average molecular weight is 635 g/mol. The van der Waals surface area contributed by atoms with Crippen LogP contribution in [0.4, 0.5) is 17.1 Å². The number of nitrogens with zero attached hydrogens (tertiary/aromatic N) is 1. The molecule has 0 radical (unpaired) electrons. The Kier molecular flexibility index (Phi) is 9.13. The van der Waals surface area contributed by atoms with E-state index in [1.165, 1.54) is 73.8 Å². The van der Waals surface area contributed by atoms with Crippen molar-refractivity contribution >= 4 is 66.2 Å². The molecule has 41 heavy (non-hydrogen) atoms. The van der Waals surface area contributed by atoms with Gasteiger partial charge in [0.1, 0.15) is 12.3 Å². The number of sulfonamides is 2. The molecule has 9 nitrogen and oxygen atoms in total. The first-order chi connectivity index (χ1) is 19.4. The number of aryl methyl sites for hydroxylation is 1. The van der Waals surface area contributed by atoms with Crippen LogP contribution in [0.1, 0.15) is 5.56 Å². The average Bonchev–Trinajstić information content (AvgIpc) is 2.93. The maximum Gasteiger partial charge on any atom is 0.264 e. The lowest BCUT2D eigenvalue weighted by Gasteiger charge is -2.24. The van der Waals surface area contributed by atoms with Gasteiger partial charge < -0.3 is 10.1 Å². The molecule has 0 aliphatic rings. The quantitative estimate of drug-likeness (QED) is 0.223. The zero-order chi connectivity index (χ0) is 29.8. The van der Waals surface area contributed by atoms with Crippen LogP contribution in [0.15, 0.2) is 101 Å². The normalized spacial score (nSPS) is 11.5. The largest absolute Gasteiger partial charge is 0.495 e. The fraction of sp³-hybridized carbons (Fsp3) is 0.107. The Morgan fingerprint density at radius 3 is 1.98 bits per heavy atom. The van der Waals surface area contributed by atoms with E-state index in [0.717, 1.165) is 9.87 Å². The highest BCUT2D eigenvalue weighted by atomic mass is 35.5. The van der Waals surface area contributed by atoms with E-state index in [0.29, 0.717) is 16.5 Å². The molecule has 0 saturated carbocycles. The molecule has 0 aliphatic carbocycles. The SMILES string of the molecule is COc1ccc(N(CC(=O)Nc2ccc(S(=O)(=O)Nc3ccc(Cl)cc3)cc2)S(=O)(=O)c2ccc(C)cc2)cc1Cl. The minimum atomic E-state index is -4.18. The molecule has 0 atom stereocenters. The van der Waals surface area contributed by atoms with Crippen molar-refractivity contribution in [2.24, 2.45) is 0 Å². The molecule has 4 rings (SSSR count). The summed E-state index contributed by atoms with van der Waals surface area (Å²) in [5.41, 5.74) is 1.62. The van der Waals surface area contributed by atoms with Gasteiger partial charge in [-0.2, -0.15) is 0 Å². The van der Waals surface area contributed by atoms with Gasteiger partial charge >= 0.3 is 0 Å². The van der Waals surface area contributed by atoms with Crippen molar-refractivity contribution < 1.29 is 26.4 Å². The minimum Gasteiger partial charge on any atom is -0.495 e. The van der Waals surface area contributed by atoms with E-state index < -0.39 is 32.5 Å². The van der Waals surface area contributed by atoms with Crippen LogP contribution in [-0.4, -0.2) is 36.4 Å². The number of ether oxygens (including phenoxy) is 1. The molecule has 13 heteroatoms. The Labute approximate surface area is 248 Å². The van der Waals surface area contributed by atoms with E-state index in [4.69, 9.17) is 27.9 Å². The lowest BCUT2D eigenvalue weighted by molar-refractivity contribution is -0.114. The summed E-state index contributed by atoms with van der Waals surface area (Å²) in [6.07, 6.45) is 0. The number of anilines is 3. The minimum absolute atomic E-state index is 0.00872. The first kappa shape index (κ1) is 30.2. The van der Waals surface area contributed by atoms with Gasteiger partial charge in [0.15, 0.2) is 0 Å². The zero-order valence-corrected chi connectivity index (χ0v) is 25.0. The summed E-state index contributed by atoms with van der Waals surface area (Å²) in [6.45, 7) is 1.24. The molecule has 0 bridgehead atoms. The molecule has 0 aromatic heterocycles. The molecule has 0 heterocycles. The van der Waals surface area contributed by atoms with Gasteiger partial charge in [0.2, 0.25) is 5.91 Å². The standard InChI is InChI=1S/C28H25Cl2N3O6S2/c1-19-3-12-25(13-4-19)41(37,38)33(23-11-16-27(39-2)26(30)17-23)18-28(34)31-21-9-14-24(15-10-21)40(35,36)32-22-7-5-20(29)6-8-22/h3-17,32H,18H2,1-2H3,(H,31,34). The molecule has 0 fully saturated rings. The van der Waals surface area contributed by atoms with E-state index >= 15 is 0 Å². The highest BCUT2D eigenvalue weighted by molar-refractivity contribution is 7.93. The molecule has 2 N–H and O–H groups in total. The maximum atomic E-state index is 13.6. The third-order valence-corrected chi connectivity index (χ3v) is 9.60. The molecule has 4 aromatic rings.